The molecule has 0 heterocycles. The van der Waals surface area contributed by atoms with Crippen LogP contribution in [0, 0.1) is 5.41 Å². The minimum Gasteiger partial charge on any atom is -0.396 e. The second-order valence-electron chi connectivity index (χ2n) is 3.64. The molecule has 0 bridgehead atoms. The summed E-state index contributed by atoms with van der Waals surface area (Å²) in [5.74, 6) is 0. The van der Waals surface area contributed by atoms with Crippen LogP contribution in [0.5, 0.6) is 0 Å². The molecule has 0 amide bonds. The van der Waals surface area contributed by atoms with E-state index in [1.165, 1.54) is 0 Å². The SMILES string of the molecule is CC(C)(CO)CO.c1ccccc1. The smallest absolute Gasteiger partial charge is 0.0504 e. The van der Waals surface area contributed by atoms with E-state index in [1.54, 1.807) is 13.8 Å². The molecule has 2 N–H and O–H groups in total. The predicted octanol–water partition coefficient (Wildman–Crippen LogP) is 1.68. The molecular weight excluding hydrogens is 164 g/mol. The molecule has 0 aliphatic rings. The van der Waals surface area contributed by atoms with Crippen LogP contribution in [-0.2, 0) is 0 Å². The first kappa shape index (κ1) is 12.1. The summed E-state index contributed by atoms with van der Waals surface area (Å²) >= 11 is 0. The topological polar surface area (TPSA) is 40.5 Å². The fraction of sp³-hybridized carbons (Fsp3) is 0.455. The van der Waals surface area contributed by atoms with Crippen molar-refractivity contribution < 1.29 is 10.2 Å². The van der Waals surface area contributed by atoms with Crippen LogP contribution in [0.2, 0.25) is 0 Å². The van der Waals surface area contributed by atoms with E-state index in [9.17, 15) is 0 Å². The van der Waals surface area contributed by atoms with Gasteiger partial charge < -0.3 is 10.2 Å². The van der Waals surface area contributed by atoms with Crippen molar-refractivity contribution in [3.8, 4) is 0 Å². The third-order valence-corrected chi connectivity index (χ3v) is 1.52. The summed E-state index contributed by atoms with van der Waals surface area (Å²) < 4.78 is 0. The zero-order valence-electron chi connectivity index (χ0n) is 8.27. The van der Waals surface area contributed by atoms with Crippen molar-refractivity contribution in [2.75, 3.05) is 13.2 Å². The Kier molecular flexibility index (Phi) is 6.20. The molecule has 13 heavy (non-hydrogen) atoms. The Morgan fingerprint density at radius 2 is 1.00 bits per heavy atom. The van der Waals surface area contributed by atoms with E-state index in [0.29, 0.717) is 0 Å². The Morgan fingerprint density at radius 1 is 0.769 bits per heavy atom. The number of hydrogen-bond acceptors (Lipinski definition) is 2. The molecule has 74 valence electrons. The van der Waals surface area contributed by atoms with Gasteiger partial charge >= 0.3 is 0 Å². The minimum atomic E-state index is -0.306. The van der Waals surface area contributed by atoms with Crippen molar-refractivity contribution in [1.29, 1.82) is 0 Å². The largest absolute Gasteiger partial charge is 0.396 e. The Morgan fingerprint density at radius 3 is 1.08 bits per heavy atom. The molecule has 0 aliphatic heterocycles. The van der Waals surface area contributed by atoms with Gasteiger partial charge in [-0.15, -0.1) is 0 Å². The van der Waals surface area contributed by atoms with Crippen LogP contribution < -0.4 is 0 Å². The summed E-state index contributed by atoms with van der Waals surface area (Å²) in [5, 5.41) is 16.9. The van der Waals surface area contributed by atoms with Gasteiger partial charge in [-0.3, -0.25) is 0 Å². The monoisotopic (exact) mass is 182 g/mol. The highest BCUT2D eigenvalue weighted by molar-refractivity contribution is 4.99. The molecule has 1 aromatic rings. The number of rotatable bonds is 2. The molecular formula is C11H18O2. The van der Waals surface area contributed by atoms with Crippen molar-refractivity contribution in [3.05, 3.63) is 36.4 Å². The van der Waals surface area contributed by atoms with E-state index in [1.807, 2.05) is 36.4 Å². The maximum Gasteiger partial charge on any atom is 0.0504 e. The van der Waals surface area contributed by atoms with Gasteiger partial charge in [-0.2, -0.15) is 0 Å². The molecule has 0 saturated carbocycles. The quantitative estimate of drug-likeness (QED) is 0.730. The highest BCUT2D eigenvalue weighted by Crippen LogP contribution is 2.10. The first-order valence-corrected chi connectivity index (χ1v) is 4.34. The van der Waals surface area contributed by atoms with Crippen LogP contribution in [0.3, 0.4) is 0 Å². The number of hydrogen-bond donors (Lipinski definition) is 2. The van der Waals surface area contributed by atoms with E-state index in [4.69, 9.17) is 10.2 Å². The number of aliphatic hydroxyl groups is 2. The van der Waals surface area contributed by atoms with E-state index >= 15 is 0 Å². The minimum absolute atomic E-state index is 0.0451. The Hall–Kier alpha value is -0.860. The summed E-state index contributed by atoms with van der Waals surface area (Å²) in [7, 11) is 0. The third-order valence-electron chi connectivity index (χ3n) is 1.52. The highest BCUT2D eigenvalue weighted by Gasteiger charge is 2.13. The summed E-state index contributed by atoms with van der Waals surface area (Å²) in [5.41, 5.74) is -0.306. The van der Waals surface area contributed by atoms with E-state index in [2.05, 4.69) is 0 Å². The average Bonchev–Trinajstić information content (AvgIpc) is 2.21. The summed E-state index contributed by atoms with van der Waals surface area (Å²) in [6, 6.07) is 12.0. The maximum atomic E-state index is 8.43. The summed E-state index contributed by atoms with van der Waals surface area (Å²) in [6.07, 6.45) is 0. The molecule has 0 aromatic heterocycles. The lowest BCUT2D eigenvalue weighted by molar-refractivity contribution is 0.0857. The zero-order chi connectivity index (χ0) is 10.2. The van der Waals surface area contributed by atoms with Crippen LogP contribution in [0.1, 0.15) is 13.8 Å². The van der Waals surface area contributed by atoms with Crippen molar-refractivity contribution in [2.24, 2.45) is 5.41 Å². The molecule has 0 spiro atoms. The summed E-state index contributed by atoms with van der Waals surface area (Å²) in [6.45, 7) is 3.69. The molecule has 0 atom stereocenters. The molecule has 2 heteroatoms. The van der Waals surface area contributed by atoms with Crippen LogP contribution >= 0.6 is 0 Å². The molecule has 1 aromatic carbocycles. The van der Waals surface area contributed by atoms with E-state index in [0.717, 1.165) is 0 Å². The first-order valence-electron chi connectivity index (χ1n) is 4.34. The van der Waals surface area contributed by atoms with Crippen LogP contribution in [-0.4, -0.2) is 23.4 Å². The zero-order valence-corrected chi connectivity index (χ0v) is 8.27. The fourth-order valence-corrected chi connectivity index (χ4v) is 0.435. The standard InChI is InChI=1S/C6H6.C5H12O2/c1-2-4-6-5-3-1;1-5(2,3-6)4-7/h1-6H;6-7H,3-4H2,1-2H3. The molecule has 0 aliphatic carbocycles. The molecule has 0 radical (unpaired) electrons. The fourth-order valence-electron chi connectivity index (χ4n) is 0.435. The number of benzene rings is 1. The molecule has 0 unspecified atom stereocenters. The van der Waals surface area contributed by atoms with E-state index < -0.39 is 0 Å². The lowest BCUT2D eigenvalue weighted by Gasteiger charge is -2.16. The molecule has 0 saturated heterocycles. The lowest BCUT2D eigenvalue weighted by Crippen LogP contribution is -2.20. The lowest BCUT2D eigenvalue weighted by atomic mass is 9.97. The second-order valence-corrected chi connectivity index (χ2v) is 3.64. The Balaban J connectivity index is 0.000000223. The van der Waals surface area contributed by atoms with Gasteiger partial charge in [-0.1, -0.05) is 50.2 Å². The molecule has 0 fully saturated rings. The van der Waals surface area contributed by atoms with Gasteiger partial charge in [0.1, 0.15) is 0 Å². The first-order chi connectivity index (χ1) is 6.12. The molecule has 2 nitrogen and oxygen atoms in total. The van der Waals surface area contributed by atoms with Crippen molar-refractivity contribution in [2.45, 2.75) is 13.8 Å². The Labute approximate surface area is 79.9 Å². The normalized spacial score (nSPS) is 10.2. The van der Waals surface area contributed by atoms with Crippen molar-refractivity contribution in [1.82, 2.24) is 0 Å². The second kappa shape index (κ2) is 6.63. The summed E-state index contributed by atoms with van der Waals surface area (Å²) in [4.78, 5) is 0. The van der Waals surface area contributed by atoms with E-state index in [-0.39, 0.29) is 18.6 Å². The average molecular weight is 182 g/mol. The Bertz CT molecular complexity index is 162. The van der Waals surface area contributed by atoms with Gasteiger partial charge in [0.15, 0.2) is 0 Å². The van der Waals surface area contributed by atoms with Crippen LogP contribution in [0.15, 0.2) is 36.4 Å². The van der Waals surface area contributed by atoms with Gasteiger partial charge in [0.05, 0.1) is 13.2 Å². The van der Waals surface area contributed by atoms with Gasteiger partial charge in [-0.25, -0.2) is 0 Å². The maximum absolute atomic E-state index is 8.43. The van der Waals surface area contributed by atoms with Crippen LogP contribution in [0.25, 0.3) is 0 Å². The van der Waals surface area contributed by atoms with Gasteiger partial charge in [-0.05, 0) is 0 Å². The van der Waals surface area contributed by atoms with Crippen LogP contribution in [0.4, 0.5) is 0 Å². The van der Waals surface area contributed by atoms with Gasteiger partial charge in [0, 0.05) is 5.41 Å². The van der Waals surface area contributed by atoms with Crippen molar-refractivity contribution in [3.63, 3.8) is 0 Å². The molecule has 1 rings (SSSR count). The van der Waals surface area contributed by atoms with Crippen molar-refractivity contribution >= 4 is 0 Å². The van der Waals surface area contributed by atoms with Gasteiger partial charge in [0.2, 0.25) is 0 Å². The third kappa shape index (κ3) is 7.50. The number of aliphatic hydroxyl groups excluding tert-OH is 2. The van der Waals surface area contributed by atoms with Gasteiger partial charge in [0.25, 0.3) is 0 Å². The highest BCUT2D eigenvalue weighted by atomic mass is 16.3. The predicted molar refractivity (Wildman–Crippen MR) is 54.4 cm³/mol.